The highest BCUT2D eigenvalue weighted by atomic mass is 16.5. The van der Waals surface area contributed by atoms with Crippen LogP contribution in [0.4, 0.5) is 0 Å². The van der Waals surface area contributed by atoms with Crippen molar-refractivity contribution in [3.8, 4) is 5.75 Å². The molecular formula is C15H20N2O2. The first kappa shape index (κ1) is 13.6. The van der Waals surface area contributed by atoms with Gasteiger partial charge in [-0.25, -0.2) is 4.98 Å². The third-order valence-corrected chi connectivity index (χ3v) is 3.05. The van der Waals surface area contributed by atoms with Crippen molar-refractivity contribution < 1.29 is 9.84 Å². The number of hydrogen-bond acceptors (Lipinski definition) is 3. The molecule has 0 aliphatic heterocycles. The summed E-state index contributed by atoms with van der Waals surface area (Å²) in [5.74, 6) is 0.717. The average Bonchev–Trinajstić information content (AvgIpc) is 2.85. The summed E-state index contributed by atoms with van der Waals surface area (Å²) in [6.07, 6.45) is 3.08. The number of imidazole rings is 1. The largest absolute Gasteiger partial charge is 0.487 e. The van der Waals surface area contributed by atoms with Gasteiger partial charge in [0.1, 0.15) is 12.4 Å². The molecule has 0 bridgehead atoms. The zero-order chi connectivity index (χ0) is 13.8. The fourth-order valence-corrected chi connectivity index (χ4v) is 2.02. The molecule has 0 amide bonds. The van der Waals surface area contributed by atoms with Crippen molar-refractivity contribution in [2.24, 2.45) is 0 Å². The molecule has 4 nitrogen and oxygen atoms in total. The molecule has 4 heteroatoms. The lowest BCUT2D eigenvalue weighted by atomic mass is 10.1. The first-order valence-corrected chi connectivity index (χ1v) is 6.50. The Labute approximate surface area is 113 Å². The molecule has 0 spiro atoms. The molecule has 0 radical (unpaired) electrons. The van der Waals surface area contributed by atoms with Gasteiger partial charge in [0.15, 0.2) is 0 Å². The van der Waals surface area contributed by atoms with Gasteiger partial charge in [-0.15, -0.1) is 0 Å². The molecule has 0 fully saturated rings. The predicted molar refractivity (Wildman–Crippen MR) is 74.0 cm³/mol. The molecule has 0 aliphatic rings. The zero-order valence-corrected chi connectivity index (χ0v) is 11.6. The van der Waals surface area contributed by atoms with Gasteiger partial charge < -0.3 is 14.4 Å². The Morgan fingerprint density at radius 2 is 2.00 bits per heavy atom. The van der Waals surface area contributed by atoms with E-state index in [9.17, 15) is 5.11 Å². The molecule has 102 valence electrons. The molecule has 0 saturated carbocycles. The van der Waals surface area contributed by atoms with Crippen LogP contribution in [0.5, 0.6) is 5.75 Å². The molecule has 0 saturated heterocycles. The van der Waals surface area contributed by atoms with E-state index in [-0.39, 0.29) is 0 Å². The van der Waals surface area contributed by atoms with Crippen LogP contribution in [0.15, 0.2) is 36.8 Å². The number of ether oxygens (including phenoxy) is 1. The Hall–Kier alpha value is -1.81. The van der Waals surface area contributed by atoms with Gasteiger partial charge >= 0.3 is 0 Å². The van der Waals surface area contributed by atoms with Gasteiger partial charge in [-0.2, -0.15) is 0 Å². The Kier molecular flexibility index (Phi) is 4.22. The molecular weight excluding hydrogens is 240 g/mol. The minimum absolute atomic E-state index is 0.355. The third kappa shape index (κ3) is 3.15. The van der Waals surface area contributed by atoms with Crippen LogP contribution in [0.3, 0.4) is 0 Å². The summed E-state index contributed by atoms with van der Waals surface area (Å²) in [6.45, 7) is 6.40. The van der Waals surface area contributed by atoms with Gasteiger partial charge in [-0.1, -0.05) is 18.2 Å². The fraction of sp³-hybridized carbons (Fsp3) is 0.400. The van der Waals surface area contributed by atoms with E-state index in [1.54, 1.807) is 6.92 Å². The van der Waals surface area contributed by atoms with E-state index in [1.807, 2.05) is 36.8 Å². The van der Waals surface area contributed by atoms with Crippen molar-refractivity contribution in [3.05, 3.63) is 48.0 Å². The molecule has 1 aromatic carbocycles. The summed E-state index contributed by atoms with van der Waals surface area (Å²) in [5, 5.41) is 9.71. The maximum atomic E-state index is 9.71. The molecule has 2 aromatic rings. The summed E-state index contributed by atoms with van der Waals surface area (Å²) >= 11 is 0. The molecule has 1 N–H and O–H groups in total. The lowest BCUT2D eigenvalue weighted by molar-refractivity contribution is 0.189. The lowest BCUT2D eigenvalue weighted by Crippen LogP contribution is -2.08. The number of aliphatic hydroxyl groups is 1. The first-order valence-electron chi connectivity index (χ1n) is 6.50. The molecule has 0 unspecified atom stereocenters. The highest BCUT2D eigenvalue weighted by molar-refractivity contribution is 5.34. The quantitative estimate of drug-likeness (QED) is 0.898. The second kappa shape index (κ2) is 5.89. The minimum atomic E-state index is -0.536. The summed E-state index contributed by atoms with van der Waals surface area (Å²) in [6, 6.07) is 7.90. The Morgan fingerprint density at radius 1 is 1.26 bits per heavy atom. The number of hydrogen-bond donors (Lipinski definition) is 1. The Balaban J connectivity index is 2.13. The fourth-order valence-electron chi connectivity index (χ4n) is 2.02. The number of aliphatic hydroxyl groups excluding tert-OH is 1. The second-order valence-corrected chi connectivity index (χ2v) is 4.89. The third-order valence-electron chi connectivity index (χ3n) is 3.05. The van der Waals surface area contributed by atoms with E-state index in [0.29, 0.717) is 18.4 Å². The van der Waals surface area contributed by atoms with Crippen LogP contribution in [-0.2, 0) is 6.61 Å². The van der Waals surface area contributed by atoms with Gasteiger partial charge in [0.2, 0.25) is 0 Å². The highest BCUT2D eigenvalue weighted by Crippen LogP contribution is 2.25. The van der Waals surface area contributed by atoms with Gasteiger partial charge in [0, 0.05) is 11.6 Å². The Morgan fingerprint density at radius 3 is 2.68 bits per heavy atom. The summed E-state index contributed by atoms with van der Waals surface area (Å²) in [4.78, 5) is 4.15. The van der Waals surface area contributed by atoms with Gasteiger partial charge in [-0.05, 0) is 26.8 Å². The Bertz CT molecular complexity index is 532. The van der Waals surface area contributed by atoms with E-state index in [2.05, 4.69) is 23.4 Å². The van der Waals surface area contributed by atoms with Crippen molar-refractivity contribution in [1.29, 1.82) is 0 Å². The van der Waals surface area contributed by atoms with Gasteiger partial charge in [-0.3, -0.25) is 0 Å². The van der Waals surface area contributed by atoms with E-state index < -0.39 is 6.10 Å². The van der Waals surface area contributed by atoms with Crippen LogP contribution in [0.1, 0.15) is 44.2 Å². The smallest absolute Gasteiger partial charge is 0.130 e. The zero-order valence-electron chi connectivity index (χ0n) is 11.6. The normalized spacial score (nSPS) is 12.7. The van der Waals surface area contributed by atoms with Crippen molar-refractivity contribution >= 4 is 0 Å². The van der Waals surface area contributed by atoms with Crippen LogP contribution in [0.25, 0.3) is 0 Å². The minimum Gasteiger partial charge on any atom is -0.487 e. The maximum absolute atomic E-state index is 9.71. The molecule has 1 atom stereocenters. The standard InChI is InChI=1S/C15H20N2O2/c1-11(2)17-10-16-8-13(17)9-19-15-7-5-4-6-14(15)12(3)18/h4-8,10-12,18H,9H2,1-3H3/t12-/m1/s1. The molecule has 2 rings (SSSR count). The average molecular weight is 260 g/mol. The molecule has 19 heavy (non-hydrogen) atoms. The second-order valence-electron chi connectivity index (χ2n) is 4.89. The summed E-state index contributed by atoms with van der Waals surface area (Å²) in [5.41, 5.74) is 1.83. The van der Waals surface area contributed by atoms with Gasteiger partial charge in [0.05, 0.1) is 24.3 Å². The molecule has 1 aromatic heterocycles. The van der Waals surface area contributed by atoms with Crippen molar-refractivity contribution in [2.75, 3.05) is 0 Å². The van der Waals surface area contributed by atoms with E-state index in [0.717, 1.165) is 11.3 Å². The predicted octanol–water partition coefficient (Wildman–Crippen LogP) is 3.10. The lowest BCUT2D eigenvalue weighted by Gasteiger charge is -2.15. The van der Waals surface area contributed by atoms with E-state index >= 15 is 0 Å². The monoisotopic (exact) mass is 260 g/mol. The van der Waals surface area contributed by atoms with Crippen molar-refractivity contribution in [2.45, 2.75) is 39.5 Å². The number of rotatable bonds is 5. The molecule has 0 aliphatic carbocycles. The maximum Gasteiger partial charge on any atom is 0.130 e. The summed E-state index contributed by atoms with van der Waals surface area (Å²) in [7, 11) is 0. The SMILES string of the molecule is CC(C)n1cncc1COc1ccccc1[C@@H](C)O. The summed E-state index contributed by atoms with van der Waals surface area (Å²) < 4.78 is 7.89. The van der Waals surface area contributed by atoms with Crippen LogP contribution in [0, 0.1) is 0 Å². The number of aromatic nitrogens is 2. The van der Waals surface area contributed by atoms with E-state index in [1.165, 1.54) is 0 Å². The van der Waals surface area contributed by atoms with Crippen LogP contribution in [-0.4, -0.2) is 14.7 Å². The van der Waals surface area contributed by atoms with Crippen molar-refractivity contribution in [3.63, 3.8) is 0 Å². The van der Waals surface area contributed by atoms with Crippen LogP contribution in [0.2, 0.25) is 0 Å². The topological polar surface area (TPSA) is 47.3 Å². The van der Waals surface area contributed by atoms with Gasteiger partial charge in [0.25, 0.3) is 0 Å². The van der Waals surface area contributed by atoms with E-state index in [4.69, 9.17) is 4.74 Å². The van der Waals surface area contributed by atoms with Crippen LogP contribution < -0.4 is 4.74 Å². The number of benzene rings is 1. The highest BCUT2D eigenvalue weighted by Gasteiger charge is 2.10. The first-order chi connectivity index (χ1) is 9.09. The van der Waals surface area contributed by atoms with Crippen molar-refractivity contribution in [1.82, 2.24) is 9.55 Å². The number of para-hydroxylation sites is 1. The number of nitrogens with zero attached hydrogens (tertiary/aromatic N) is 2. The van der Waals surface area contributed by atoms with Crippen LogP contribution >= 0.6 is 0 Å². The molecule has 1 heterocycles.